The lowest BCUT2D eigenvalue weighted by molar-refractivity contribution is -0.124. The van der Waals surface area contributed by atoms with Gasteiger partial charge in [-0.3, -0.25) is 4.79 Å². The van der Waals surface area contributed by atoms with Gasteiger partial charge < -0.3 is 19.9 Å². The smallest absolute Gasteiger partial charge is 0.258 e. The molecule has 1 aromatic rings. The van der Waals surface area contributed by atoms with Crippen LogP contribution in [0.2, 0.25) is 0 Å². The number of carbonyl (C=O) groups excluding carboxylic acids is 1. The molecule has 0 radical (unpaired) electrons. The third-order valence-electron chi connectivity index (χ3n) is 2.15. The molecule has 5 nitrogen and oxygen atoms in total. The van der Waals surface area contributed by atoms with Crippen LogP contribution in [0.3, 0.4) is 0 Å². The number of aliphatic hydroxyl groups is 1. The zero-order valence-electron chi connectivity index (χ0n) is 10.1. The summed E-state index contributed by atoms with van der Waals surface area (Å²) < 4.78 is 23.0. The van der Waals surface area contributed by atoms with Crippen LogP contribution in [-0.2, 0) is 9.53 Å². The van der Waals surface area contributed by atoms with E-state index in [2.05, 4.69) is 5.32 Å². The van der Waals surface area contributed by atoms with Gasteiger partial charge in [-0.25, -0.2) is 4.39 Å². The van der Waals surface area contributed by atoms with Crippen molar-refractivity contribution in [3.8, 4) is 5.75 Å². The maximum atomic E-state index is 13.2. The normalized spacial score (nSPS) is 11.9. The highest BCUT2D eigenvalue weighted by atomic mass is 19.1. The van der Waals surface area contributed by atoms with Crippen molar-refractivity contribution in [3.05, 3.63) is 30.1 Å². The van der Waals surface area contributed by atoms with Gasteiger partial charge in [0.05, 0.1) is 19.3 Å². The van der Waals surface area contributed by atoms with Crippen molar-refractivity contribution in [1.29, 1.82) is 0 Å². The summed E-state index contributed by atoms with van der Waals surface area (Å²) in [6, 6.07) is 5.32. The monoisotopic (exact) mass is 257 g/mol. The lowest BCUT2D eigenvalue weighted by Gasteiger charge is -2.15. The molecular weight excluding hydrogens is 241 g/mol. The fourth-order valence-electron chi connectivity index (χ4n) is 1.32. The highest BCUT2D eigenvalue weighted by Crippen LogP contribution is 2.14. The predicted octanol–water partition coefficient (Wildman–Crippen LogP) is 0.328. The second-order valence-electron chi connectivity index (χ2n) is 3.62. The van der Waals surface area contributed by atoms with Crippen LogP contribution >= 0.6 is 0 Å². The first-order valence-corrected chi connectivity index (χ1v) is 5.44. The number of benzene rings is 1. The van der Waals surface area contributed by atoms with Gasteiger partial charge in [0.25, 0.3) is 5.91 Å². The van der Waals surface area contributed by atoms with E-state index in [9.17, 15) is 9.18 Å². The minimum atomic E-state index is -0.527. The SMILES string of the molecule is COCC(CO)NC(=O)COc1ccccc1F. The van der Waals surface area contributed by atoms with Crippen LogP contribution in [-0.4, -0.2) is 44.0 Å². The molecule has 0 spiro atoms. The molecular formula is C12H16FNO4. The molecule has 0 aromatic heterocycles. The molecule has 0 aliphatic rings. The summed E-state index contributed by atoms with van der Waals surface area (Å²) in [5.41, 5.74) is 0. The Morgan fingerprint density at radius 1 is 1.50 bits per heavy atom. The Hall–Kier alpha value is -1.66. The van der Waals surface area contributed by atoms with Gasteiger partial charge in [-0.1, -0.05) is 12.1 Å². The van der Waals surface area contributed by atoms with Crippen LogP contribution in [0.15, 0.2) is 24.3 Å². The Morgan fingerprint density at radius 3 is 2.83 bits per heavy atom. The van der Waals surface area contributed by atoms with E-state index in [0.29, 0.717) is 0 Å². The van der Waals surface area contributed by atoms with Crippen molar-refractivity contribution in [3.63, 3.8) is 0 Å². The number of halogens is 1. The van der Waals surface area contributed by atoms with Crippen molar-refractivity contribution in [2.24, 2.45) is 0 Å². The predicted molar refractivity (Wildman–Crippen MR) is 62.8 cm³/mol. The molecule has 1 unspecified atom stereocenters. The molecule has 0 aliphatic heterocycles. The van der Waals surface area contributed by atoms with E-state index in [0.717, 1.165) is 0 Å². The van der Waals surface area contributed by atoms with Crippen LogP contribution < -0.4 is 10.1 Å². The van der Waals surface area contributed by atoms with Crippen molar-refractivity contribution in [1.82, 2.24) is 5.32 Å². The molecule has 0 heterocycles. The van der Waals surface area contributed by atoms with Crippen LogP contribution in [0.25, 0.3) is 0 Å². The Kier molecular flexibility index (Phi) is 6.10. The molecule has 100 valence electrons. The van der Waals surface area contributed by atoms with Crippen molar-refractivity contribution >= 4 is 5.91 Å². The fraction of sp³-hybridized carbons (Fsp3) is 0.417. The van der Waals surface area contributed by atoms with E-state index in [1.807, 2.05) is 0 Å². The second-order valence-corrected chi connectivity index (χ2v) is 3.62. The molecule has 18 heavy (non-hydrogen) atoms. The van der Waals surface area contributed by atoms with E-state index < -0.39 is 17.8 Å². The van der Waals surface area contributed by atoms with Gasteiger partial charge in [0, 0.05) is 7.11 Å². The topological polar surface area (TPSA) is 67.8 Å². The number of rotatable bonds is 7. The minimum absolute atomic E-state index is 0.0138. The van der Waals surface area contributed by atoms with Crippen molar-refractivity contribution < 1.29 is 23.8 Å². The summed E-state index contributed by atoms with van der Waals surface area (Å²) >= 11 is 0. The van der Waals surface area contributed by atoms with Gasteiger partial charge in [0.2, 0.25) is 0 Å². The van der Waals surface area contributed by atoms with E-state index in [1.54, 1.807) is 6.07 Å². The number of para-hydroxylation sites is 1. The zero-order chi connectivity index (χ0) is 13.4. The average Bonchev–Trinajstić information content (AvgIpc) is 2.37. The van der Waals surface area contributed by atoms with Crippen LogP contribution in [0, 0.1) is 5.82 Å². The Balaban J connectivity index is 2.39. The number of carbonyl (C=O) groups is 1. The molecule has 0 saturated carbocycles. The Morgan fingerprint density at radius 2 is 2.22 bits per heavy atom. The van der Waals surface area contributed by atoms with Gasteiger partial charge in [0.1, 0.15) is 0 Å². The van der Waals surface area contributed by atoms with E-state index in [-0.39, 0.29) is 25.6 Å². The number of hydrogen-bond donors (Lipinski definition) is 2. The first-order chi connectivity index (χ1) is 8.67. The average molecular weight is 257 g/mol. The van der Waals surface area contributed by atoms with Gasteiger partial charge in [-0.15, -0.1) is 0 Å². The molecule has 2 N–H and O–H groups in total. The number of amides is 1. The largest absolute Gasteiger partial charge is 0.481 e. The van der Waals surface area contributed by atoms with Gasteiger partial charge in [0.15, 0.2) is 18.2 Å². The highest BCUT2D eigenvalue weighted by Gasteiger charge is 2.12. The van der Waals surface area contributed by atoms with Gasteiger partial charge >= 0.3 is 0 Å². The summed E-state index contributed by atoms with van der Waals surface area (Å²) in [5.74, 6) is -0.963. The van der Waals surface area contributed by atoms with Crippen LogP contribution in [0.1, 0.15) is 0 Å². The zero-order valence-corrected chi connectivity index (χ0v) is 10.1. The number of hydrogen-bond acceptors (Lipinski definition) is 4. The molecule has 1 amide bonds. The third kappa shape index (κ3) is 4.68. The number of nitrogens with one attached hydrogen (secondary N) is 1. The first-order valence-electron chi connectivity index (χ1n) is 5.44. The molecule has 6 heteroatoms. The van der Waals surface area contributed by atoms with E-state index >= 15 is 0 Å². The lowest BCUT2D eigenvalue weighted by Crippen LogP contribution is -2.42. The van der Waals surface area contributed by atoms with Crippen LogP contribution in [0.5, 0.6) is 5.75 Å². The molecule has 1 rings (SSSR count). The van der Waals surface area contributed by atoms with Crippen LogP contribution in [0.4, 0.5) is 4.39 Å². The Labute approximate surface area is 105 Å². The van der Waals surface area contributed by atoms with Gasteiger partial charge in [-0.05, 0) is 12.1 Å². The quantitative estimate of drug-likeness (QED) is 0.738. The number of ether oxygens (including phenoxy) is 2. The molecule has 0 aliphatic carbocycles. The Bertz CT molecular complexity index is 386. The fourth-order valence-corrected chi connectivity index (χ4v) is 1.32. The summed E-state index contributed by atoms with van der Waals surface area (Å²) in [6.07, 6.45) is 0. The molecule has 1 atom stereocenters. The summed E-state index contributed by atoms with van der Waals surface area (Å²) in [7, 11) is 1.46. The molecule has 0 fully saturated rings. The van der Waals surface area contributed by atoms with E-state index in [4.69, 9.17) is 14.6 Å². The van der Waals surface area contributed by atoms with Crippen molar-refractivity contribution in [2.45, 2.75) is 6.04 Å². The lowest BCUT2D eigenvalue weighted by atomic mass is 10.3. The molecule has 0 saturated heterocycles. The maximum Gasteiger partial charge on any atom is 0.258 e. The summed E-state index contributed by atoms with van der Waals surface area (Å²) in [5, 5.41) is 11.4. The van der Waals surface area contributed by atoms with E-state index in [1.165, 1.54) is 25.3 Å². The number of aliphatic hydroxyl groups excluding tert-OH is 1. The summed E-state index contributed by atoms with van der Waals surface area (Å²) in [6.45, 7) is -0.359. The number of methoxy groups -OCH3 is 1. The molecule has 0 bridgehead atoms. The third-order valence-corrected chi connectivity index (χ3v) is 2.15. The van der Waals surface area contributed by atoms with Gasteiger partial charge in [-0.2, -0.15) is 0 Å². The first kappa shape index (κ1) is 14.4. The standard InChI is InChI=1S/C12H16FNO4/c1-17-7-9(6-15)14-12(16)8-18-11-5-3-2-4-10(11)13/h2-5,9,15H,6-8H2,1H3,(H,14,16). The van der Waals surface area contributed by atoms with Crippen molar-refractivity contribution in [2.75, 3.05) is 26.9 Å². The maximum absolute atomic E-state index is 13.2. The highest BCUT2D eigenvalue weighted by molar-refractivity contribution is 5.77. The minimum Gasteiger partial charge on any atom is -0.481 e. The summed E-state index contributed by atoms with van der Waals surface area (Å²) in [4.78, 5) is 11.4. The second kappa shape index (κ2) is 7.62. The molecule has 1 aromatic carbocycles.